The Balaban J connectivity index is 3.06. The van der Waals surface area contributed by atoms with Gasteiger partial charge in [0.1, 0.15) is 6.33 Å². The molecule has 1 aromatic rings. The van der Waals surface area contributed by atoms with Gasteiger partial charge in [-0.2, -0.15) is 0 Å². The summed E-state index contributed by atoms with van der Waals surface area (Å²) in [6.45, 7) is 5.96. The first kappa shape index (κ1) is 13.6. The summed E-state index contributed by atoms with van der Waals surface area (Å²) in [7, 11) is 0. The maximum Gasteiger partial charge on any atom is 0.348 e. The molecule has 1 rings (SSSR count). The Labute approximate surface area is 105 Å². The zero-order valence-corrected chi connectivity index (χ0v) is 10.8. The molecular formula is C10H15ClN4O2. The van der Waals surface area contributed by atoms with Crippen LogP contribution in [0.5, 0.6) is 0 Å². The highest BCUT2D eigenvalue weighted by atomic mass is 35.5. The van der Waals surface area contributed by atoms with Crippen LogP contribution in [0.2, 0.25) is 5.15 Å². The van der Waals surface area contributed by atoms with Gasteiger partial charge in [-0.3, -0.25) is 10.1 Å². The molecule has 0 amide bonds. The van der Waals surface area contributed by atoms with Gasteiger partial charge in [0.2, 0.25) is 11.0 Å². The van der Waals surface area contributed by atoms with E-state index in [0.29, 0.717) is 0 Å². The van der Waals surface area contributed by atoms with Crippen LogP contribution < -0.4 is 5.32 Å². The predicted octanol–water partition coefficient (Wildman–Crippen LogP) is 3.03. The van der Waals surface area contributed by atoms with Crippen molar-refractivity contribution in [2.24, 2.45) is 0 Å². The van der Waals surface area contributed by atoms with Crippen LogP contribution in [0.3, 0.4) is 0 Å². The molecule has 0 aliphatic heterocycles. The second-order valence-corrected chi connectivity index (χ2v) is 4.74. The van der Waals surface area contributed by atoms with Crippen LogP contribution >= 0.6 is 11.6 Å². The van der Waals surface area contributed by atoms with Gasteiger partial charge in [0, 0.05) is 5.54 Å². The standard InChI is InChI=1S/C10H15ClN4O2/c1-4-5-10(2,3)14-9-7(15(16)17)8(11)12-6-13-9/h6H,4-5H2,1-3H3,(H,12,13,14). The molecule has 0 aliphatic carbocycles. The van der Waals surface area contributed by atoms with Crippen molar-refractivity contribution < 1.29 is 4.92 Å². The lowest BCUT2D eigenvalue weighted by molar-refractivity contribution is -0.384. The third-order valence-corrected chi connectivity index (χ3v) is 2.57. The SMILES string of the molecule is CCCC(C)(C)Nc1ncnc(Cl)c1[N+](=O)[O-]. The fraction of sp³-hybridized carbons (Fsp3) is 0.600. The van der Waals surface area contributed by atoms with Crippen molar-refractivity contribution in [3.05, 3.63) is 21.6 Å². The van der Waals surface area contributed by atoms with Gasteiger partial charge < -0.3 is 5.32 Å². The lowest BCUT2D eigenvalue weighted by atomic mass is 9.99. The molecular weight excluding hydrogens is 244 g/mol. The normalized spacial score (nSPS) is 11.3. The highest BCUT2D eigenvalue weighted by Crippen LogP contribution is 2.31. The first-order chi connectivity index (χ1) is 7.87. The summed E-state index contributed by atoms with van der Waals surface area (Å²) in [5.74, 6) is 0.161. The van der Waals surface area contributed by atoms with Gasteiger partial charge in [-0.25, -0.2) is 9.97 Å². The van der Waals surface area contributed by atoms with Gasteiger partial charge in [0.25, 0.3) is 0 Å². The second kappa shape index (κ2) is 5.27. The molecule has 0 aliphatic rings. The van der Waals surface area contributed by atoms with E-state index in [1.807, 2.05) is 20.8 Å². The lowest BCUT2D eigenvalue weighted by Crippen LogP contribution is -2.31. The lowest BCUT2D eigenvalue weighted by Gasteiger charge is -2.26. The number of nitrogens with zero attached hydrogens (tertiary/aromatic N) is 3. The molecule has 94 valence electrons. The number of hydrogen-bond acceptors (Lipinski definition) is 5. The van der Waals surface area contributed by atoms with E-state index in [1.165, 1.54) is 6.33 Å². The van der Waals surface area contributed by atoms with E-state index >= 15 is 0 Å². The number of halogens is 1. The van der Waals surface area contributed by atoms with Crippen LogP contribution in [0.25, 0.3) is 0 Å². The fourth-order valence-electron chi connectivity index (χ4n) is 1.62. The van der Waals surface area contributed by atoms with Crippen LogP contribution in [-0.4, -0.2) is 20.4 Å². The number of nitrogens with one attached hydrogen (secondary N) is 1. The molecule has 0 aromatic carbocycles. The van der Waals surface area contributed by atoms with Crippen LogP contribution in [0, 0.1) is 10.1 Å². The second-order valence-electron chi connectivity index (χ2n) is 4.38. The summed E-state index contributed by atoms with van der Waals surface area (Å²) in [5.41, 5.74) is -0.560. The van der Waals surface area contributed by atoms with E-state index in [2.05, 4.69) is 15.3 Å². The molecule has 0 spiro atoms. The molecule has 0 saturated carbocycles. The summed E-state index contributed by atoms with van der Waals surface area (Å²) in [5, 5.41) is 13.8. The molecule has 0 atom stereocenters. The molecule has 6 nitrogen and oxygen atoms in total. The van der Waals surface area contributed by atoms with Crippen molar-refractivity contribution in [2.45, 2.75) is 39.2 Å². The fourth-order valence-corrected chi connectivity index (χ4v) is 1.82. The van der Waals surface area contributed by atoms with Crippen molar-refractivity contribution in [1.82, 2.24) is 9.97 Å². The molecule has 0 unspecified atom stereocenters. The van der Waals surface area contributed by atoms with Crippen LogP contribution in [0.4, 0.5) is 11.5 Å². The van der Waals surface area contributed by atoms with E-state index in [1.54, 1.807) is 0 Å². The topological polar surface area (TPSA) is 81.0 Å². The minimum atomic E-state index is -0.577. The Bertz CT molecular complexity index is 423. The molecule has 1 N–H and O–H groups in total. The smallest absolute Gasteiger partial charge is 0.348 e. The monoisotopic (exact) mass is 258 g/mol. The summed E-state index contributed by atoms with van der Waals surface area (Å²) < 4.78 is 0. The van der Waals surface area contributed by atoms with E-state index < -0.39 is 4.92 Å². The number of nitro groups is 1. The average Bonchev–Trinajstić information content (AvgIpc) is 2.15. The number of hydrogen-bond donors (Lipinski definition) is 1. The van der Waals surface area contributed by atoms with Crippen molar-refractivity contribution >= 4 is 23.1 Å². The maximum absolute atomic E-state index is 10.9. The minimum absolute atomic E-state index is 0.153. The summed E-state index contributed by atoms with van der Waals surface area (Å²) in [6.07, 6.45) is 3.04. The average molecular weight is 259 g/mol. The number of aromatic nitrogens is 2. The van der Waals surface area contributed by atoms with E-state index in [4.69, 9.17) is 11.6 Å². The van der Waals surface area contributed by atoms with Gasteiger partial charge in [0.05, 0.1) is 4.92 Å². The third kappa shape index (κ3) is 3.52. The summed E-state index contributed by atoms with van der Waals surface area (Å²) in [6, 6.07) is 0. The number of rotatable bonds is 5. The predicted molar refractivity (Wildman–Crippen MR) is 66.3 cm³/mol. The van der Waals surface area contributed by atoms with Gasteiger partial charge in [-0.05, 0) is 20.3 Å². The first-order valence-corrected chi connectivity index (χ1v) is 5.68. The third-order valence-electron chi connectivity index (χ3n) is 2.29. The zero-order chi connectivity index (χ0) is 13.1. The highest BCUT2D eigenvalue weighted by Gasteiger charge is 2.26. The van der Waals surface area contributed by atoms with Crippen LogP contribution in [0.1, 0.15) is 33.6 Å². The van der Waals surface area contributed by atoms with E-state index in [0.717, 1.165) is 12.8 Å². The minimum Gasteiger partial charge on any atom is -0.359 e. The molecule has 0 fully saturated rings. The van der Waals surface area contributed by atoms with Crippen molar-refractivity contribution in [3.63, 3.8) is 0 Å². The van der Waals surface area contributed by atoms with Gasteiger partial charge in [-0.15, -0.1) is 0 Å². The quantitative estimate of drug-likeness (QED) is 0.499. The Kier molecular flexibility index (Phi) is 4.22. The Morgan fingerprint density at radius 2 is 2.18 bits per heavy atom. The molecule has 17 heavy (non-hydrogen) atoms. The van der Waals surface area contributed by atoms with Crippen molar-refractivity contribution in [2.75, 3.05) is 5.32 Å². The van der Waals surface area contributed by atoms with E-state index in [9.17, 15) is 10.1 Å². The van der Waals surface area contributed by atoms with E-state index in [-0.39, 0.29) is 22.2 Å². The molecule has 7 heteroatoms. The van der Waals surface area contributed by atoms with Gasteiger partial charge >= 0.3 is 5.69 Å². The van der Waals surface area contributed by atoms with Crippen molar-refractivity contribution in [1.29, 1.82) is 0 Å². The molecule has 0 bridgehead atoms. The Morgan fingerprint density at radius 3 is 2.71 bits per heavy atom. The largest absolute Gasteiger partial charge is 0.359 e. The molecule has 0 radical (unpaired) electrons. The Morgan fingerprint density at radius 1 is 1.53 bits per heavy atom. The molecule has 1 aromatic heterocycles. The maximum atomic E-state index is 10.9. The summed E-state index contributed by atoms with van der Waals surface area (Å²) in [4.78, 5) is 17.8. The number of anilines is 1. The highest BCUT2D eigenvalue weighted by molar-refractivity contribution is 6.31. The molecule has 1 heterocycles. The molecule has 0 saturated heterocycles. The zero-order valence-electron chi connectivity index (χ0n) is 10.0. The van der Waals surface area contributed by atoms with Crippen LogP contribution in [-0.2, 0) is 0 Å². The van der Waals surface area contributed by atoms with Crippen LogP contribution in [0.15, 0.2) is 6.33 Å². The Hall–Kier alpha value is -1.43. The first-order valence-electron chi connectivity index (χ1n) is 5.30. The van der Waals surface area contributed by atoms with Gasteiger partial charge in [0.15, 0.2) is 0 Å². The van der Waals surface area contributed by atoms with Gasteiger partial charge in [-0.1, -0.05) is 24.9 Å². The van der Waals surface area contributed by atoms with Crippen molar-refractivity contribution in [3.8, 4) is 0 Å². The summed E-state index contributed by atoms with van der Waals surface area (Å²) >= 11 is 5.70.